The highest BCUT2D eigenvalue weighted by Crippen LogP contribution is 2.50. The smallest absolute Gasteiger partial charge is 0.233 e. The van der Waals surface area contributed by atoms with Crippen molar-refractivity contribution < 1.29 is 44.1 Å². The van der Waals surface area contributed by atoms with Gasteiger partial charge in [0.2, 0.25) is 28.6 Å². The summed E-state index contributed by atoms with van der Waals surface area (Å²) in [5, 5.41) is 84.8. The van der Waals surface area contributed by atoms with Gasteiger partial charge in [-0.3, -0.25) is 28.8 Å². The maximum absolute atomic E-state index is 13.6. The van der Waals surface area contributed by atoms with Crippen molar-refractivity contribution in [1.82, 2.24) is 15.0 Å². The van der Waals surface area contributed by atoms with Gasteiger partial charge in [0, 0.05) is 33.8 Å². The van der Waals surface area contributed by atoms with Crippen LogP contribution in [0.5, 0.6) is 17.2 Å². The number of aromatic hydroxyl groups is 3. The van der Waals surface area contributed by atoms with Crippen molar-refractivity contribution in [3.05, 3.63) is 312 Å². The molecule has 0 bridgehead atoms. The fourth-order valence-corrected chi connectivity index (χ4v) is 14.1. The number of nitrogens with two attached hydrogens (primary N) is 3. The molecule has 0 unspecified atom stereocenters. The molecule has 3 aromatic heterocycles. The van der Waals surface area contributed by atoms with Crippen molar-refractivity contribution in [2.75, 3.05) is 33.2 Å². The van der Waals surface area contributed by atoms with Gasteiger partial charge in [0.05, 0.1) is 113 Å². The molecular formula is C85H52Cl4N20O9. The molecule has 0 amide bonds. The van der Waals surface area contributed by atoms with Crippen LogP contribution >= 0.6 is 46.4 Å². The van der Waals surface area contributed by atoms with Crippen LogP contribution in [0.1, 0.15) is 134 Å². The first-order valence-corrected chi connectivity index (χ1v) is 36.1. The summed E-state index contributed by atoms with van der Waals surface area (Å²) in [6.07, 6.45) is 0. The zero-order valence-corrected chi connectivity index (χ0v) is 64.8. The summed E-state index contributed by atoms with van der Waals surface area (Å²) in [6, 6.07) is 44.0. The first-order valence-electron chi connectivity index (χ1n) is 34.6. The van der Waals surface area contributed by atoms with Crippen molar-refractivity contribution >= 4 is 184 Å². The van der Waals surface area contributed by atoms with E-state index in [1.807, 2.05) is 92.7 Å². The van der Waals surface area contributed by atoms with Crippen LogP contribution in [0.4, 0.5) is 103 Å². The fraction of sp³-hybridized carbons (Fsp3) is 0.0588. The summed E-state index contributed by atoms with van der Waals surface area (Å²) >= 11 is 25.7. The number of phenols is 3. The maximum Gasteiger partial charge on any atom is 0.233 e. The Morgan fingerprint density at radius 3 is 1.07 bits per heavy atom. The van der Waals surface area contributed by atoms with Gasteiger partial charge in [-0.25, -0.2) is 29.5 Å². The van der Waals surface area contributed by atoms with Gasteiger partial charge < -0.3 is 48.5 Å². The molecule has 12 aromatic rings. The monoisotopic (exact) mass is 1640 g/mol. The molecule has 15 rings (SSSR count). The van der Waals surface area contributed by atoms with E-state index in [0.29, 0.717) is 33.8 Å². The number of anilines is 9. The number of pyridine rings is 3. The number of nitriles is 2. The number of carbonyl (C=O) groups excluding carboxylic acids is 6. The molecular weight excluding hydrogens is 1590 g/mol. The van der Waals surface area contributed by atoms with Crippen molar-refractivity contribution in [2.24, 2.45) is 30.7 Å². The Morgan fingerprint density at radius 1 is 0.356 bits per heavy atom. The molecule has 0 saturated heterocycles. The van der Waals surface area contributed by atoms with Crippen LogP contribution in [0, 0.1) is 77.0 Å². The van der Waals surface area contributed by atoms with Crippen LogP contribution in [-0.4, -0.2) is 65.0 Å². The standard InChI is InChI=1S/2C29H18ClN7O3.C27H16Cl2N6O3/c1-13-7-9-16(10-8-13)34-29-24(33-3)14(2)23(28(32)35-29)36-37-25-18(30)11-15(12-31)20-22(25)27(40)21-17(26(20)39)5-4-6-19(21)38;1-13-7-9-16(10-8-13)34-29-24(14(2)23(33-3)28(32)35-29)36-37-25-18(30)11-15(12-31)20-22(25)27(40)21-17(26(20)39)5-4-6-19(21)38;1-12-21(31-2)26(30)33-27(32-13-7-4-3-5-8-13)22(12)34-35-23-16(29)11-15(28)19-20(23)24(37)14-9-6-10-17(36)18(14)25(19)38/h2*4-11,38H,1-2H3,(H3,32,34,35);3-11,36H,1H3,(H3,30,32,33). The molecule has 0 atom stereocenters. The van der Waals surface area contributed by atoms with E-state index in [1.54, 1.807) is 32.9 Å². The number of aromatic nitrogens is 3. The lowest BCUT2D eigenvalue weighted by Gasteiger charge is -2.21. The number of halogens is 4. The minimum Gasteiger partial charge on any atom is -0.507 e. The Bertz CT molecular complexity index is 6800. The molecule has 574 valence electrons. The number of carbonyl (C=O) groups is 6. The Hall–Kier alpha value is -15.9. The van der Waals surface area contributed by atoms with Crippen LogP contribution in [-0.2, 0) is 0 Å². The number of rotatable bonds is 12. The predicted molar refractivity (Wildman–Crippen MR) is 444 cm³/mol. The molecule has 0 saturated carbocycles. The zero-order valence-electron chi connectivity index (χ0n) is 61.7. The lowest BCUT2D eigenvalue weighted by molar-refractivity contribution is 0.0977. The number of para-hydroxylation sites is 1. The molecule has 3 heterocycles. The number of aryl methyl sites for hydroxylation is 2. The molecule has 33 heteroatoms. The third-order valence-corrected chi connectivity index (χ3v) is 20.0. The molecule has 29 nitrogen and oxygen atoms in total. The number of nitrogens with one attached hydrogen (secondary N) is 3. The second kappa shape index (κ2) is 32.6. The van der Waals surface area contributed by atoms with E-state index >= 15 is 0 Å². The van der Waals surface area contributed by atoms with Crippen LogP contribution in [0.15, 0.2) is 182 Å². The molecule has 9 aromatic carbocycles. The highest BCUT2D eigenvalue weighted by molar-refractivity contribution is 6.44. The fourth-order valence-electron chi connectivity index (χ4n) is 13.1. The summed E-state index contributed by atoms with van der Waals surface area (Å²) in [6.45, 7) is 31.5. The summed E-state index contributed by atoms with van der Waals surface area (Å²) in [4.78, 5) is 104. The highest BCUT2D eigenvalue weighted by Gasteiger charge is 2.41. The molecule has 0 fully saturated rings. The number of hydrogen-bond donors (Lipinski definition) is 9. The van der Waals surface area contributed by atoms with Crippen LogP contribution in [0.25, 0.3) is 14.5 Å². The SMILES string of the molecule is [C-]#[N+]c1c(N)nc(Nc2ccc(C)cc2)c(N=Nc2c(Cl)cc(C#N)c3c2C(=O)c2c(O)cccc2C3=O)c1C.[C-]#[N+]c1c(N)nc(Nc2ccccc2)c(N=Nc2c(Cl)cc(Cl)c3c2C(=O)c2cccc(O)c2C3=O)c1C.[C-]#[N+]c1c(Nc2ccc(C)cc2)nc(N)c(N=Nc2c(Cl)cc(C#N)c3c2C(=O)c2c(O)cccc2C3=O)c1C. The quantitative estimate of drug-likeness (QED) is 0.0405. The van der Waals surface area contributed by atoms with Gasteiger partial charge in [-0.15, -0.1) is 30.7 Å². The normalized spacial score (nSPS) is 12.1. The Morgan fingerprint density at radius 2 is 0.678 bits per heavy atom. The van der Waals surface area contributed by atoms with E-state index in [9.17, 15) is 54.6 Å². The van der Waals surface area contributed by atoms with Crippen molar-refractivity contribution in [3.63, 3.8) is 0 Å². The number of ketones is 6. The van der Waals surface area contributed by atoms with Gasteiger partial charge >= 0.3 is 0 Å². The molecule has 0 spiro atoms. The van der Waals surface area contributed by atoms with Gasteiger partial charge in [0.15, 0.2) is 40.6 Å². The molecule has 0 aliphatic heterocycles. The number of nitrogen functional groups attached to an aromatic ring is 3. The second-order valence-electron chi connectivity index (χ2n) is 26.2. The van der Waals surface area contributed by atoms with Crippen LogP contribution in [0.3, 0.4) is 0 Å². The minimum absolute atomic E-state index is 0.00831. The van der Waals surface area contributed by atoms with E-state index in [0.717, 1.165) is 11.1 Å². The average molecular weight is 1640 g/mol. The van der Waals surface area contributed by atoms with Crippen LogP contribution in [0.2, 0.25) is 20.1 Å². The lowest BCUT2D eigenvalue weighted by atomic mass is 9.80. The largest absolute Gasteiger partial charge is 0.507 e. The highest BCUT2D eigenvalue weighted by atomic mass is 35.5. The molecule has 12 N–H and O–H groups in total. The predicted octanol–water partition coefficient (Wildman–Crippen LogP) is 21.5. The van der Waals surface area contributed by atoms with E-state index in [2.05, 4.69) is 76.1 Å². The van der Waals surface area contributed by atoms with E-state index in [-0.39, 0.29) is 190 Å². The number of phenolic OH excluding ortho intramolecular Hbond substituents is 3. The van der Waals surface area contributed by atoms with Gasteiger partial charge in [0.1, 0.15) is 68.8 Å². The van der Waals surface area contributed by atoms with Gasteiger partial charge in [-0.1, -0.05) is 136 Å². The first-order chi connectivity index (χ1) is 56.5. The van der Waals surface area contributed by atoms with Gasteiger partial charge in [0.25, 0.3) is 0 Å². The number of azo groups is 3. The lowest BCUT2D eigenvalue weighted by Crippen LogP contribution is -2.22. The Balaban J connectivity index is 0.000000154. The number of fused-ring (bicyclic) bond motifs is 6. The van der Waals surface area contributed by atoms with Crippen molar-refractivity contribution in [1.29, 1.82) is 10.5 Å². The summed E-state index contributed by atoms with van der Waals surface area (Å²) < 4.78 is 0. The minimum atomic E-state index is -0.738. The zero-order chi connectivity index (χ0) is 84.6. The number of benzene rings is 9. The first kappa shape index (κ1) is 80.1. The van der Waals surface area contributed by atoms with E-state index < -0.39 is 46.2 Å². The van der Waals surface area contributed by atoms with Gasteiger partial charge in [-0.05, 0) is 124 Å². The third-order valence-electron chi connectivity index (χ3n) is 18.8. The molecule has 3 aliphatic rings. The molecule has 0 radical (unpaired) electrons. The summed E-state index contributed by atoms with van der Waals surface area (Å²) in [5.41, 5.74) is 21.7. The Labute approximate surface area is 689 Å². The maximum atomic E-state index is 13.6. The number of hydrogen-bond acceptors (Lipinski definition) is 26. The summed E-state index contributed by atoms with van der Waals surface area (Å²) in [5.74, 6) is -4.52. The second-order valence-corrected chi connectivity index (χ2v) is 27.8. The van der Waals surface area contributed by atoms with Crippen molar-refractivity contribution in [2.45, 2.75) is 34.6 Å². The third kappa shape index (κ3) is 14.6. The van der Waals surface area contributed by atoms with E-state index in [1.165, 1.54) is 72.8 Å². The summed E-state index contributed by atoms with van der Waals surface area (Å²) in [7, 11) is 0. The average Bonchev–Trinajstić information content (AvgIpc) is 0.739. The van der Waals surface area contributed by atoms with E-state index in [4.69, 9.17) is 83.3 Å². The van der Waals surface area contributed by atoms with Crippen LogP contribution < -0.4 is 33.2 Å². The van der Waals surface area contributed by atoms with Crippen molar-refractivity contribution in [3.8, 4) is 29.4 Å². The molecule has 118 heavy (non-hydrogen) atoms. The van der Waals surface area contributed by atoms with Gasteiger partial charge in [-0.2, -0.15) is 10.5 Å². The molecule has 3 aliphatic carbocycles. The topological polar surface area (TPSA) is 451 Å². The number of nitrogens with zero attached hydrogens (tertiary/aromatic N) is 14. The Kier molecular flexibility index (Phi) is 22.2.